The maximum absolute atomic E-state index is 6.26. The first-order valence-corrected chi connectivity index (χ1v) is 8.20. The summed E-state index contributed by atoms with van der Waals surface area (Å²) in [5.74, 6) is 0.588. The summed E-state index contributed by atoms with van der Waals surface area (Å²) in [6.07, 6.45) is 6.65. The number of hydrogen-bond donors (Lipinski definition) is 1. The van der Waals surface area contributed by atoms with Crippen molar-refractivity contribution in [3.8, 4) is 5.75 Å². The van der Waals surface area contributed by atoms with Gasteiger partial charge in [0.1, 0.15) is 0 Å². The normalized spacial score (nSPS) is 16.6. The minimum absolute atomic E-state index is 0.0659. The molecule has 0 atom stereocenters. The van der Waals surface area contributed by atoms with Gasteiger partial charge in [0.05, 0.1) is 16.1 Å². The van der Waals surface area contributed by atoms with E-state index in [-0.39, 0.29) is 6.10 Å². The Bertz CT molecular complexity index is 419. The maximum atomic E-state index is 6.26. The summed E-state index contributed by atoms with van der Waals surface area (Å²) in [5.41, 5.74) is 1.11. The topological polar surface area (TPSA) is 21.3 Å². The molecule has 1 aromatic carbocycles. The van der Waals surface area contributed by atoms with Gasteiger partial charge in [0, 0.05) is 12.6 Å². The molecule has 0 aliphatic heterocycles. The van der Waals surface area contributed by atoms with Gasteiger partial charge in [0.2, 0.25) is 0 Å². The summed E-state index contributed by atoms with van der Waals surface area (Å²) in [6.45, 7) is 4.74. The molecule has 1 aliphatic carbocycles. The maximum Gasteiger partial charge on any atom is 0.156 e. The van der Waals surface area contributed by atoms with Gasteiger partial charge in [-0.3, -0.25) is 0 Å². The van der Waals surface area contributed by atoms with Crippen LogP contribution in [0.4, 0.5) is 0 Å². The van der Waals surface area contributed by atoms with E-state index in [9.17, 15) is 0 Å². The Morgan fingerprint density at radius 3 is 2.30 bits per heavy atom. The molecule has 2 nitrogen and oxygen atoms in total. The largest absolute Gasteiger partial charge is 0.488 e. The number of rotatable bonds is 5. The molecule has 1 aliphatic rings. The van der Waals surface area contributed by atoms with Gasteiger partial charge < -0.3 is 10.1 Å². The van der Waals surface area contributed by atoms with E-state index in [2.05, 4.69) is 5.32 Å². The number of halogens is 2. The summed E-state index contributed by atoms with van der Waals surface area (Å²) in [5, 5.41) is 4.77. The van der Waals surface area contributed by atoms with Crippen LogP contribution in [0.3, 0.4) is 0 Å². The molecule has 1 aromatic rings. The van der Waals surface area contributed by atoms with Gasteiger partial charge in [-0.2, -0.15) is 0 Å². The Kier molecular flexibility index (Phi) is 6.01. The van der Waals surface area contributed by atoms with Crippen molar-refractivity contribution in [2.75, 3.05) is 0 Å². The Morgan fingerprint density at radius 1 is 1.15 bits per heavy atom. The molecular weight excluding hydrogens is 293 g/mol. The Labute approximate surface area is 131 Å². The van der Waals surface area contributed by atoms with E-state index in [0.717, 1.165) is 12.1 Å². The molecule has 1 fully saturated rings. The molecule has 0 radical (unpaired) electrons. The average Bonchev–Trinajstić information content (AvgIpc) is 2.41. The molecule has 0 bridgehead atoms. The summed E-state index contributed by atoms with van der Waals surface area (Å²) in [6, 6.07) is 4.52. The van der Waals surface area contributed by atoms with Crippen LogP contribution in [0, 0.1) is 0 Å². The van der Waals surface area contributed by atoms with Crippen molar-refractivity contribution in [1.82, 2.24) is 5.32 Å². The summed E-state index contributed by atoms with van der Waals surface area (Å²) in [7, 11) is 0. The molecule has 0 aromatic heterocycles. The second-order valence-electron chi connectivity index (χ2n) is 5.77. The van der Waals surface area contributed by atoms with E-state index >= 15 is 0 Å². The summed E-state index contributed by atoms with van der Waals surface area (Å²) < 4.78 is 5.64. The van der Waals surface area contributed by atoms with Gasteiger partial charge in [-0.1, -0.05) is 42.5 Å². The standard InChI is InChI=1S/C16H23Cl2NO/c1-11(2)20-16-14(17)8-12(9-15(16)18)10-19-13-6-4-3-5-7-13/h8-9,11,13,19H,3-7,10H2,1-2H3. The van der Waals surface area contributed by atoms with Crippen LogP contribution in [-0.4, -0.2) is 12.1 Å². The number of nitrogens with one attached hydrogen (secondary N) is 1. The van der Waals surface area contributed by atoms with E-state index in [1.807, 2.05) is 26.0 Å². The molecule has 4 heteroatoms. The molecule has 2 rings (SSSR count). The predicted octanol–water partition coefficient (Wildman–Crippen LogP) is 5.20. The third kappa shape index (κ3) is 4.54. The van der Waals surface area contributed by atoms with E-state index < -0.39 is 0 Å². The van der Waals surface area contributed by atoms with Crippen LogP contribution in [-0.2, 0) is 6.54 Å². The third-order valence-corrected chi connectivity index (χ3v) is 4.17. The van der Waals surface area contributed by atoms with Crippen molar-refractivity contribution in [3.05, 3.63) is 27.7 Å². The zero-order valence-corrected chi connectivity index (χ0v) is 13.7. The summed E-state index contributed by atoms with van der Waals surface area (Å²) in [4.78, 5) is 0. The lowest BCUT2D eigenvalue weighted by molar-refractivity contribution is 0.242. The van der Waals surface area contributed by atoms with E-state index in [0.29, 0.717) is 21.8 Å². The van der Waals surface area contributed by atoms with Crippen LogP contribution < -0.4 is 10.1 Å². The number of benzene rings is 1. The molecule has 0 amide bonds. The predicted molar refractivity (Wildman–Crippen MR) is 85.9 cm³/mol. The zero-order valence-electron chi connectivity index (χ0n) is 12.2. The van der Waals surface area contributed by atoms with Crippen molar-refractivity contribution in [1.29, 1.82) is 0 Å². The minimum atomic E-state index is 0.0659. The fraction of sp³-hybridized carbons (Fsp3) is 0.625. The minimum Gasteiger partial charge on any atom is -0.488 e. The van der Waals surface area contributed by atoms with Crippen molar-refractivity contribution in [2.45, 2.75) is 64.6 Å². The molecule has 20 heavy (non-hydrogen) atoms. The highest BCUT2D eigenvalue weighted by Crippen LogP contribution is 2.35. The van der Waals surface area contributed by atoms with Crippen LogP contribution in [0.25, 0.3) is 0 Å². The SMILES string of the molecule is CC(C)Oc1c(Cl)cc(CNC2CCCCC2)cc1Cl. The molecule has 1 N–H and O–H groups in total. The van der Waals surface area contributed by atoms with Crippen LogP contribution in [0.15, 0.2) is 12.1 Å². The number of hydrogen-bond acceptors (Lipinski definition) is 2. The fourth-order valence-electron chi connectivity index (χ4n) is 2.63. The highest BCUT2D eigenvalue weighted by molar-refractivity contribution is 6.37. The molecule has 1 saturated carbocycles. The third-order valence-electron chi connectivity index (χ3n) is 3.61. The van der Waals surface area contributed by atoms with Crippen molar-refractivity contribution >= 4 is 23.2 Å². The van der Waals surface area contributed by atoms with Gasteiger partial charge in [-0.15, -0.1) is 0 Å². The first kappa shape index (κ1) is 15.9. The lowest BCUT2D eigenvalue weighted by Crippen LogP contribution is -2.30. The number of ether oxygens (including phenoxy) is 1. The van der Waals surface area contributed by atoms with Gasteiger partial charge in [0.15, 0.2) is 5.75 Å². The quantitative estimate of drug-likeness (QED) is 0.806. The lowest BCUT2D eigenvalue weighted by atomic mass is 9.95. The molecule has 112 valence electrons. The van der Waals surface area contributed by atoms with Crippen LogP contribution >= 0.6 is 23.2 Å². The highest BCUT2D eigenvalue weighted by atomic mass is 35.5. The smallest absolute Gasteiger partial charge is 0.156 e. The fourth-order valence-corrected chi connectivity index (χ4v) is 3.25. The van der Waals surface area contributed by atoms with Gasteiger partial charge in [0.25, 0.3) is 0 Å². The Balaban J connectivity index is 1.98. The Hall–Kier alpha value is -0.440. The van der Waals surface area contributed by atoms with E-state index in [1.54, 1.807) is 0 Å². The van der Waals surface area contributed by atoms with Gasteiger partial charge in [-0.05, 0) is 44.4 Å². The highest BCUT2D eigenvalue weighted by Gasteiger charge is 2.14. The first-order valence-electron chi connectivity index (χ1n) is 7.44. The lowest BCUT2D eigenvalue weighted by Gasteiger charge is -2.23. The molecule has 0 spiro atoms. The molecule has 0 unspecified atom stereocenters. The Morgan fingerprint density at radius 2 is 1.75 bits per heavy atom. The van der Waals surface area contributed by atoms with Crippen molar-refractivity contribution < 1.29 is 4.74 Å². The van der Waals surface area contributed by atoms with Crippen LogP contribution in [0.2, 0.25) is 10.0 Å². The van der Waals surface area contributed by atoms with E-state index in [4.69, 9.17) is 27.9 Å². The molecule has 0 saturated heterocycles. The zero-order chi connectivity index (χ0) is 14.5. The van der Waals surface area contributed by atoms with Crippen LogP contribution in [0.5, 0.6) is 5.75 Å². The molecule has 0 heterocycles. The molecular formula is C16H23Cl2NO. The van der Waals surface area contributed by atoms with E-state index in [1.165, 1.54) is 32.1 Å². The second kappa shape index (κ2) is 7.53. The van der Waals surface area contributed by atoms with Gasteiger partial charge >= 0.3 is 0 Å². The van der Waals surface area contributed by atoms with Gasteiger partial charge in [-0.25, -0.2) is 0 Å². The monoisotopic (exact) mass is 315 g/mol. The second-order valence-corrected chi connectivity index (χ2v) is 6.59. The van der Waals surface area contributed by atoms with Crippen molar-refractivity contribution in [2.24, 2.45) is 0 Å². The summed E-state index contributed by atoms with van der Waals surface area (Å²) >= 11 is 12.5. The van der Waals surface area contributed by atoms with Crippen LogP contribution in [0.1, 0.15) is 51.5 Å². The first-order chi connectivity index (χ1) is 9.56. The van der Waals surface area contributed by atoms with Crippen molar-refractivity contribution in [3.63, 3.8) is 0 Å². The average molecular weight is 316 g/mol.